The highest BCUT2D eigenvalue weighted by Crippen LogP contribution is 2.30. The van der Waals surface area contributed by atoms with Gasteiger partial charge in [-0.15, -0.1) is 0 Å². The van der Waals surface area contributed by atoms with Crippen molar-refractivity contribution in [3.05, 3.63) is 53.6 Å². The number of hydrogen-bond donors (Lipinski definition) is 1. The summed E-state index contributed by atoms with van der Waals surface area (Å²) in [7, 11) is 0.464. The summed E-state index contributed by atoms with van der Waals surface area (Å²) >= 11 is 0. The van der Waals surface area contributed by atoms with Crippen LogP contribution in [0, 0.1) is 0 Å². The maximum absolute atomic E-state index is 12.8. The van der Waals surface area contributed by atoms with E-state index in [2.05, 4.69) is 34.5 Å². The lowest BCUT2D eigenvalue weighted by molar-refractivity contribution is -0.121. The Bertz CT molecular complexity index is 1040. The largest absolute Gasteiger partial charge is 0.493 e. The van der Waals surface area contributed by atoms with Crippen LogP contribution in [0.4, 0.5) is 0 Å². The van der Waals surface area contributed by atoms with E-state index in [-0.39, 0.29) is 17.3 Å². The average molecular weight is 462 g/mol. The van der Waals surface area contributed by atoms with Crippen LogP contribution < -0.4 is 14.8 Å². The van der Waals surface area contributed by atoms with Gasteiger partial charge in [-0.25, -0.2) is 8.42 Å². The van der Waals surface area contributed by atoms with Gasteiger partial charge in [-0.05, 0) is 36.1 Å². The lowest BCUT2D eigenvalue weighted by atomic mass is 10.00. The summed E-state index contributed by atoms with van der Waals surface area (Å²) < 4.78 is 37.0. The molecule has 2 aromatic carbocycles. The molecule has 0 bridgehead atoms. The monoisotopic (exact) mass is 461 g/mol. The van der Waals surface area contributed by atoms with Gasteiger partial charge in [-0.3, -0.25) is 9.69 Å². The number of amides is 1. The highest BCUT2D eigenvalue weighted by Gasteiger charge is 2.24. The molecule has 32 heavy (non-hydrogen) atoms. The molecular weight excluding hydrogens is 430 g/mol. The van der Waals surface area contributed by atoms with Crippen LogP contribution in [0.25, 0.3) is 0 Å². The molecule has 0 aromatic heterocycles. The van der Waals surface area contributed by atoms with E-state index >= 15 is 0 Å². The quantitative estimate of drug-likeness (QED) is 0.544. The van der Waals surface area contributed by atoms with Crippen LogP contribution in [-0.4, -0.2) is 71.0 Å². The minimum atomic E-state index is -3.84. The van der Waals surface area contributed by atoms with Crippen LogP contribution in [0.5, 0.6) is 11.5 Å². The van der Waals surface area contributed by atoms with E-state index in [4.69, 9.17) is 9.47 Å². The molecule has 0 saturated carbocycles. The van der Waals surface area contributed by atoms with Crippen LogP contribution in [0.1, 0.15) is 17.5 Å². The number of rotatable bonds is 10. The highest BCUT2D eigenvalue weighted by molar-refractivity contribution is 7.89. The van der Waals surface area contributed by atoms with Crippen molar-refractivity contribution in [3.63, 3.8) is 0 Å². The molecular formula is C23H31N3O5S. The van der Waals surface area contributed by atoms with Gasteiger partial charge in [0, 0.05) is 39.3 Å². The van der Waals surface area contributed by atoms with Gasteiger partial charge in [0.25, 0.3) is 0 Å². The Morgan fingerprint density at radius 1 is 1.09 bits per heavy atom. The molecule has 0 saturated heterocycles. The SMILES string of the molecule is COc1ccc(S(=O)(=O)N(C)CC(=O)NCCCN2CCc3ccccc3C2)cc1OC. The summed E-state index contributed by atoms with van der Waals surface area (Å²) in [6.07, 6.45) is 1.85. The number of carbonyl (C=O) groups excluding carboxylic acids is 1. The van der Waals surface area contributed by atoms with E-state index in [0.29, 0.717) is 18.0 Å². The first kappa shape index (κ1) is 24.0. The summed E-state index contributed by atoms with van der Waals surface area (Å²) in [5.41, 5.74) is 2.78. The van der Waals surface area contributed by atoms with Crippen molar-refractivity contribution in [3.8, 4) is 11.5 Å². The summed E-state index contributed by atoms with van der Waals surface area (Å²) in [6.45, 7) is 3.07. The summed E-state index contributed by atoms with van der Waals surface area (Å²) in [5, 5.41) is 2.82. The maximum atomic E-state index is 12.8. The number of benzene rings is 2. The molecule has 0 unspecified atom stereocenters. The molecule has 1 heterocycles. The highest BCUT2D eigenvalue weighted by atomic mass is 32.2. The smallest absolute Gasteiger partial charge is 0.243 e. The van der Waals surface area contributed by atoms with Crippen molar-refractivity contribution in [2.45, 2.75) is 24.3 Å². The van der Waals surface area contributed by atoms with E-state index in [9.17, 15) is 13.2 Å². The number of carbonyl (C=O) groups is 1. The van der Waals surface area contributed by atoms with E-state index in [1.807, 2.05) is 0 Å². The molecule has 1 N–H and O–H groups in total. The summed E-state index contributed by atoms with van der Waals surface area (Å²) in [5.74, 6) is 0.413. The number of hydrogen-bond acceptors (Lipinski definition) is 6. The van der Waals surface area contributed by atoms with Gasteiger partial charge < -0.3 is 14.8 Å². The molecule has 1 amide bonds. The molecule has 0 spiro atoms. The van der Waals surface area contributed by atoms with Gasteiger partial charge in [0.1, 0.15) is 0 Å². The molecule has 0 radical (unpaired) electrons. The zero-order valence-corrected chi connectivity index (χ0v) is 19.7. The zero-order chi connectivity index (χ0) is 23.1. The van der Waals surface area contributed by atoms with Crippen molar-refractivity contribution >= 4 is 15.9 Å². The standard InChI is InChI=1S/C23H31N3O5S/c1-25(32(28,29)20-9-10-21(30-2)22(15-20)31-3)17-23(27)24-12-6-13-26-14-11-18-7-4-5-8-19(18)16-26/h4-5,7-10,15H,6,11-14,16-17H2,1-3H3,(H,24,27). The molecule has 1 aliphatic heterocycles. The predicted octanol–water partition coefficient (Wildman–Crippen LogP) is 1.89. The van der Waals surface area contributed by atoms with Gasteiger partial charge >= 0.3 is 0 Å². The van der Waals surface area contributed by atoms with Crippen LogP contribution in [0.15, 0.2) is 47.4 Å². The fraction of sp³-hybridized carbons (Fsp3) is 0.435. The average Bonchev–Trinajstić information content (AvgIpc) is 2.81. The van der Waals surface area contributed by atoms with E-state index < -0.39 is 10.0 Å². The molecule has 0 fully saturated rings. The van der Waals surface area contributed by atoms with Crippen LogP contribution in [0.2, 0.25) is 0 Å². The Morgan fingerprint density at radius 2 is 1.81 bits per heavy atom. The zero-order valence-electron chi connectivity index (χ0n) is 18.8. The Hall–Kier alpha value is -2.62. The number of fused-ring (bicyclic) bond motifs is 1. The van der Waals surface area contributed by atoms with Gasteiger partial charge in [0.05, 0.1) is 25.7 Å². The van der Waals surface area contributed by atoms with Crippen LogP contribution in [-0.2, 0) is 27.8 Å². The first-order chi connectivity index (χ1) is 15.3. The van der Waals surface area contributed by atoms with Crippen molar-refractivity contribution < 1.29 is 22.7 Å². The summed E-state index contributed by atoms with van der Waals surface area (Å²) in [4.78, 5) is 14.7. The second kappa shape index (κ2) is 10.8. The van der Waals surface area contributed by atoms with Gasteiger partial charge in [0.15, 0.2) is 11.5 Å². The van der Waals surface area contributed by atoms with Crippen LogP contribution >= 0.6 is 0 Å². The van der Waals surface area contributed by atoms with Crippen LogP contribution in [0.3, 0.4) is 0 Å². The third-order valence-corrected chi connectivity index (χ3v) is 7.41. The Balaban J connectivity index is 1.45. The first-order valence-corrected chi connectivity index (χ1v) is 12.0. The second-order valence-corrected chi connectivity index (χ2v) is 9.82. The molecule has 0 atom stereocenters. The lowest BCUT2D eigenvalue weighted by Gasteiger charge is -2.28. The molecule has 3 rings (SSSR count). The van der Waals surface area contributed by atoms with E-state index in [0.717, 1.165) is 36.8 Å². The number of methoxy groups -OCH3 is 2. The first-order valence-electron chi connectivity index (χ1n) is 10.6. The normalized spacial score (nSPS) is 14.1. The topological polar surface area (TPSA) is 88.2 Å². The lowest BCUT2D eigenvalue weighted by Crippen LogP contribution is -2.39. The Morgan fingerprint density at radius 3 is 2.53 bits per heavy atom. The fourth-order valence-corrected chi connectivity index (χ4v) is 4.92. The molecule has 2 aromatic rings. The number of likely N-dealkylation sites (N-methyl/N-ethyl adjacent to an activating group) is 1. The molecule has 9 heteroatoms. The van der Waals surface area contributed by atoms with Crippen molar-refractivity contribution in [1.29, 1.82) is 0 Å². The molecule has 8 nitrogen and oxygen atoms in total. The number of nitrogens with zero attached hydrogens (tertiary/aromatic N) is 2. The minimum absolute atomic E-state index is 0.0378. The van der Waals surface area contributed by atoms with Gasteiger partial charge in [-0.1, -0.05) is 24.3 Å². The molecule has 174 valence electrons. The van der Waals surface area contributed by atoms with Crippen molar-refractivity contribution in [2.75, 3.05) is 47.4 Å². The second-order valence-electron chi connectivity index (χ2n) is 7.78. The predicted molar refractivity (Wildman–Crippen MR) is 122 cm³/mol. The minimum Gasteiger partial charge on any atom is -0.493 e. The fourth-order valence-electron chi connectivity index (χ4n) is 3.78. The number of ether oxygens (including phenoxy) is 2. The molecule has 1 aliphatic rings. The van der Waals surface area contributed by atoms with Gasteiger partial charge in [-0.2, -0.15) is 4.31 Å². The number of sulfonamides is 1. The Kier molecular flexibility index (Phi) is 8.11. The van der Waals surface area contributed by atoms with E-state index in [1.54, 1.807) is 0 Å². The summed E-state index contributed by atoms with van der Waals surface area (Å²) in [6, 6.07) is 12.8. The van der Waals surface area contributed by atoms with E-state index in [1.165, 1.54) is 50.6 Å². The third-order valence-electron chi connectivity index (χ3n) is 5.61. The number of nitrogens with one attached hydrogen (secondary N) is 1. The molecule has 0 aliphatic carbocycles. The Labute approximate surface area is 190 Å². The van der Waals surface area contributed by atoms with Crippen molar-refractivity contribution in [1.82, 2.24) is 14.5 Å². The maximum Gasteiger partial charge on any atom is 0.243 e. The van der Waals surface area contributed by atoms with Crippen molar-refractivity contribution in [2.24, 2.45) is 0 Å². The van der Waals surface area contributed by atoms with Gasteiger partial charge in [0.2, 0.25) is 15.9 Å². The third kappa shape index (κ3) is 5.79.